The number of carbonyl (C=O) groups is 1. The van der Waals surface area contributed by atoms with Crippen LogP contribution in [0.5, 0.6) is 0 Å². The van der Waals surface area contributed by atoms with Crippen LogP contribution in [0.1, 0.15) is 40.5 Å². The summed E-state index contributed by atoms with van der Waals surface area (Å²) in [6.07, 6.45) is 1.02. The Balaban J connectivity index is 4.40. The molecule has 17 heavy (non-hydrogen) atoms. The lowest BCUT2D eigenvalue weighted by molar-refractivity contribution is -0.488. The highest BCUT2D eigenvalue weighted by Crippen LogP contribution is 2.17. The van der Waals surface area contributed by atoms with E-state index in [1.807, 2.05) is 27.7 Å². The third-order valence-electron chi connectivity index (χ3n) is 2.79. The average Bonchev–Trinajstić information content (AvgIpc) is 2.16. The molecule has 0 saturated heterocycles. The maximum atomic E-state index is 11.9. The van der Waals surface area contributed by atoms with Crippen LogP contribution in [0, 0.1) is 22.0 Å². The van der Waals surface area contributed by atoms with Crippen molar-refractivity contribution in [1.29, 1.82) is 0 Å². The number of rotatable bonds is 8. The molecule has 1 amide bonds. The maximum absolute atomic E-state index is 11.9. The van der Waals surface area contributed by atoms with Gasteiger partial charge in [-0.2, -0.15) is 0 Å². The predicted molar refractivity (Wildman–Crippen MR) is 67.4 cm³/mol. The van der Waals surface area contributed by atoms with Crippen molar-refractivity contribution in [2.45, 2.75) is 40.5 Å². The van der Waals surface area contributed by atoms with Crippen LogP contribution in [-0.4, -0.2) is 35.4 Å². The summed E-state index contributed by atoms with van der Waals surface area (Å²) in [4.78, 5) is 23.9. The minimum atomic E-state index is -0.317. The van der Waals surface area contributed by atoms with Crippen LogP contribution < -0.4 is 0 Å². The number of nitrogens with zero attached hydrogens (tertiary/aromatic N) is 2. The van der Waals surface area contributed by atoms with Gasteiger partial charge in [-0.1, -0.05) is 13.8 Å². The van der Waals surface area contributed by atoms with Gasteiger partial charge in [0.05, 0.1) is 0 Å². The van der Waals surface area contributed by atoms with Crippen LogP contribution in [0.2, 0.25) is 0 Å². The van der Waals surface area contributed by atoms with Crippen LogP contribution in [0.4, 0.5) is 0 Å². The highest BCUT2D eigenvalue weighted by atomic mass is 16.6. The molecule has 0 rings (SSSR count). The largest absolute Gasteiger partial charge is 0.343 e. The summed E-state index contributed by atoms with van der Waals surface area (Å²) >= 11 is 0. The fraction of sp³-hybridized carbons (Fsp3) is 0.917. The molecular weight excluding hydrogens is 220 g/mol. The molecule has 0 bridgehead atoms. The Hall–Kier alpha value is -1.13. The number of carbonyl (C=O) groups excluding carboxylic acids is 1. The van der Waals surface area contributed by atoms with Crippen molar-refractivity contribution in [3.63, 3.8) is 0 Å². The van der Waals surface area contributed by atoms with Crippen molar-refractivity contribution < 1.29 is 9.72 Å². The fourth-order valence-corrected chi connectivity index (χ4v) is 2.05. The highest BCUT2D eigenvalue weighted by molar-refractivity contribution is 5.76. The van der Waals surface area contributed by atoms with Gasteiger partial charge in [0.15, 0.2) is 0 Å². The summed E-state index contributed by atoms with van der Waals surface area (Å²) < 4.78 is 0. The number of hydrogen-bond acceptors (Lipinski definition) is 3. The SMILES string of the molecule is CCN(CC)C(=O)CC(CC(C)C)C[N+](=O)[O-]. The van der Waals surface area contributed by atoms with E-state index in [1.54, 1.807) is 4.90 Å². The van der Waals surface area contributed by atoms with Crippen LogP contribution >= 0.6 is 0 Å². The summed E-state index contributed by atoms with van der Waals surface area (Å²) in [5.74, 6) is 0.269. The van der Waals surface area contributed by atoms with Gasteiger partial charge in [-0.05, 0) is 26.2 Å². The van der Waals surface area contributed by atoms with E-state index < -0.39 is 0 Å². The lowest BCUT2D eigenvalue weighted by atomic mass is 9.93. The first-order valence-corrected chi connectivity index (χ1v) is 6.30. The van der Waals surface area contributed by atoms with Crippen LogP contribution in [0.25, 0.3) is 0 Å². The highest BCUT2D eigenvalue weighted by Gasteiger charge is 2.22. The van der Waals surface area contributed by atoms with Gasteiger partial charge in [-0.3, -0.25) is 14.9 Å². The van der Waals surface area contributed by atoms with Crippen molar-refractivity contribution in [3.05, 3.63) is 10.1 Å². The molecule has 0 aliphatic rings. The molecule has 0 aromatic rings. The van der Waals surface area contributed by atoms with E-state index in [2.05, 4.69) is 0 Å². The van der Waals surface area contributed by atoms with Gasteiger partial charge in [-0.15, -0.1) is 0 Å². The van der Waals surface area contributed by atoms with E-state index >= 15 is 0 Å². The Kier molecular flexibility index (Phi) is 7.50. The average molecular weight is 244 g/mol. The van der Waals surface area contributed by atoms with Gasteiger partial charge in [0, 0.05) is 30.4 Å². The lowest BCUT2D eigenvalue weighted by Crippen LogP contribution is -2.33. The van der Waals surface area contributed by atoms with Crippen molar-refractivity contribution in [2.75, 3.05) is 19.6 Å². The zero-order valence-electron chi connectivity index (χ0n) is 11.3. The molecule has 0 radical (unpaired) electrons. The second kappa shape index (κ2) is 8.03. The molecule has 0 spiro atoms. The Morgan fingerprint density at radius 1 is 1.29 bits per heavy atom. The Morgan fingerprint density at radius 2 is 1.82 bits per heavy atom. The molecular formula is C12H24N2O3. The molecule has 0 aliphatic carbocycles. The summed E-state index contributed by atoms with van der Waals surface area (Å²) in [5, 5.41) is 10.6. The molecule has 5 heteroatoms. The van der Waals surface area contributed by atoms with Crippen molar-refractivity contribution in [2.24, 2.45) is 11.8 Å². The minimum Gasteiger partial charge on any atom is -0.343 e. The Morgan fingerprint density at radius 3 is 2.18 bits per heavy atom. The third kappa shape index (κ3) is 6.92. The molecule has 0 aromatic heterocycles. The van der Waals surface area contributed by atoms with Gasteiger partial charge in [0.25, 0.3) is 0 Å². The van der Waals surface area contributed by atoms with E-state index in [0.29, 0.717) is 25.4 Å². The van der Waals surface area contributed by atoms with Gasteiger partial charge in [0.2, 0.25) is 12.5 Å². The quantitative estimate of drug-likeness (QED) is 0.485. The first kappa shape index (κ1) is 15.9. The zero-order valence-corrected chi connectivity index (χ0v) is 11.3. The second-order valence-corrected chi connectivity index (χ2v) is 4.78. The molecule has 1 unspecified atom stereocenters. The Bertz CT molecular complexity index is 250. The van der Waals surface area contributed by atoms with Crippen LogP contribution in [0.3, 0.4) is 0 Å². The summed E-state index contributed by atoms with van der Waals surface area (Å²) in [5.41, 5.74) is 0. The smallest absolute Gasteiger partial charge is 0.223 e. The fourth-order valence-electron chi connectivity index (χ4n) is 2.05. The normalized spacial score (nSPS) is 12.5. The molecule has 0 saturated carbocycles. The molecule has 5 nitrogen and oxygen atoms in total. The van der Waals surface area contributed by atoms with E-state index in [4.69, 9.17) is 0 Å². The van der Waals surface area contributed by atoms with Crippen LogP contribution in [0.15, 0.2) is 0 Å². The molecule has 0 fully saturated rings. The standard InChI is InChI=1S/C12H24N2O3/c1-5-13(6-2)12(15)8-11(7-10(3)4)9-14(16)17/h10-11H,5-9H2,1-4H3. The van der Waals surface area contributed by atoms with Gasteiger partial charge < -0.3 is 4.90 Å². The molecule has 0 heterocycles. The first-order valence-electron chi connectivity index (χ1n) is 6.30. The van der Waals surface area contributed by atoms with Crippen molar-refractivity contribution in [1.82, 2.24) is 4.90 Å². The van der Waals surface area contributed by atoms with E-state index in [1.165, 1.54) is 0 Å². The van der Waals surface area contributed by atoms with E-state index in [-0.39, 0.29) is 23.3 Å². The topological polar surface area (TPSA) is 63.5 Å². The maximum Gasteiger partial charge on any atom is 0.223 e. The second-order valence-electron chi connectivity index (χ2n) is 4.78. The summed E-state index contributed by atoms with van der Waals surface area (Å²) in [7, 11) is 0. The number of nitro groups is 1. The van der Waals surface area contributed by atoms with Gasteiger partial charge >= 0.3 is 0 Å². The van der Waals surface area contributed by atoms with E-state index in [9.17, 15) is 14.9 Å². The third-order valence-corrected chi connectivity index (χ3v) is 2.79. The first-order chi connectivity index (χ1) is 7.90. The van der Waals surface area contributed by atoms with Gasteiger partial charge in [0.1, 0.15) is 0 Å². The molecule has 0 aliphatic heterocycles. The lowest BCUT2D eigenvalue weighted by Gasteiger charge is -2.21. The van der Waals surface area contributed by atoms with Crippen molar-refractivity contribution >= 4 is 5.91 Å². The summed E-state index contributed by atoms with van der Waals surface area (Å²) in [6.45, 7) is 9.12. The van der Waals surface area contributed by atoms with Crippen LogP contribution in [-0.2, 0) is 4.79 Å². The minimum absolute atomic E-state index is 0.0301. The van der Waals surface area contributed by atoms with E-state index in [0.717, 1.165) is 6.42 Å². The van der Waals surface area contributed by atoms with Gasteiger partial charge in [-0.25, -0.2) is 0 Å². The molecule has 0 N–H and O–H groups in total. The number of hydrogen-bond donors (Lipinski definition) is 0. The molecule has 100 valence electrons. The monoisotopic (exact) mass is 244 g/mol. The number of amides is 1. The zero-order chi connectivity index (χ0) is 13.4. The Labute approximate surface area is 103 Å². The molecule has 1 atom stereocenters. The van der Waals surface area contributed by atoms with Crippen molar-refractivity contribution in [3.8, 4) is 0 Å². The predicted octanol–water partition coefficient (Wildman–Crippen LogP) is 2.18. The molecule has 0 aromatic carbocycles. The summed E-state index contributed by atoms with van der Waals surface area (Å²) in [6, 6.07) is 0.